The predicted molar refractivity (Wildman–Crippen MR) is 117 cm³/mol. The molecule has 0 aromatic carbocycles. The molecule has 2 aromatic rings. The fourth-order valence-electron chi connectivity index (χ4n) is 3.02. The van der Waals surface area contributed by atoms with Gasteiger partial charge < -0.3 is 26.2 Å². The molecule has 3 rings (SSSR count). The first-order chi connectivity index (χ1) is 16.0. The average Bonchev–Trinajstić information content (AvgIpc) is 3.23. The summed E-state index contributed by atoms with van der Waals surface area (Å²) >= 11 is 1.03. The van der Waals surface area contributed by atoms with E-state index in [0.29, 0.717) is 4.73 Å². The van der Waals surface area contributed by atoms with E-state index in [-0.39, 0.29) is 22.2 Å². The number of hydrogen-bond donors (Lipinski definition) is 4. The lowest BCUT2D eigenvalue weighted by atomic mass is 10.0. The molecule has 1 saturated heterocycles. The van der Waals surface area contributed by atoms with E-state index in [1.807, 2.05) is 0 Å². The van der Waals surface area contributed by atoms with Gasteiger partial charge >= 0.3 is 7.75 Å². The molecule has 34 heavy (non-hydrogen) atoms. The quantitative estimate of drug-likeness (QED) is 0.113. The van der Waals surface area contributed by atoms with Crippen LogP contribution in [0.1, 0.15) is 18.3 Å². The molecule has 17 heteroatoms. The van der Waals surface area contributed by atoms with Gasteiger partial charge in [0.15, 0.2) is 23.2 Å². The molecule has 1 aliphatic rings. The highest BCUT2D eigenvalue weighted by Crippen LogP contribution is 2.55. The zero-order valence-corrected chi connectivity index (χ0v) is 19.8. The van der Waals surface area contributed by atoms with E-state index >= 15 is 0 Å². The van der Waals surface area contributed by atoms with Crippen LogP contribution in [0.25, 0.3) is 0 Å². The van der Waals surface area contributed by atoms with Crippen LogP contribution in [0.15, 0.2) is 27.6 Å². The number of pyridine rings is 1. The molecule has 0 aliphatic carbocycles. The van der Waals surface area contributed by atoms with Gasteiger partial charge in [0, 0.05) is 25.7 Å². The monoisotopic (exact) mass is 516 g/mol. The third-order valence-electron chi connectivity index (χ3n) is 4.81. The number of oxime groups is 1. The molecular formula is C17H21N6O9PS. The van der Waals surface area contributed by atoms with Gasteiger partial charge in [-0.25, -0.2) is 14.2 Å². The molecule has 2 atom stereocenters. The molecular weight excluding hydrogens is 495 g/mol. The number of hydrogen-bond acceptors (Lipinski definition) is 13. The Bertz CT molecular complexity index is 1240. The van der Waals surface area contributed by atoms with E-state index in [4.69, 9.17) is 19.6 Å². The van der Waals surface area contributed by atoms with Gasteiger partial charge in [-0.15, -0.1) is 11.3 Å². The average molecular weight is 516 g/mol. The molecule has 2 amide bonds. The predicted octanol–water partition coefficient (Wildman–Crippen LogP) is -0.133. The second-order valence-electron chi connectivity index (χ2n) is 6.85. The van der Waals surface area contributed by atoms with Crippen LogP contribution < -0.4 is 16.5 Å². The third kappa shape index (κ3) is 4.75. The summed E-state index contributed by atoms with van der Waals surface area (Å²) in [6, 6.07) is -0.879. The number of carbonyl (C=O) groups is 2. The van der Waals surface area contributed by atoms with Crippen molar-refractivity contribution in [2.45, 2.75) is 25.6 Å². The zero-order valence-electron chi connectivity index (χ0n) is 18.1. The van der Waals surface area contributed by atoms with Crippen LogP contribution >= 0.6 is 19.1 Å². The minimum Gasteiger partial charge on any atom is -0.503 e. The highest BCUT2D eigenvalue weighted by molar-refractivity contribution is 7.52. The van der Waals surface area contributed by atoms with Crippen LogP contribution in [0.3, 0.4) is 0 Å². The number of amides is 2. The largest absolute Gasteiger partial charge is 0.503 e. The molecule has 5 N–H and O–H groups in total. The Morgan fingerprint density at radius 2 is 2.06 bits per heavy atom. The molecule has 0 bridgehead atoms. The molecule has 184 valence electrons. The second kappa shape index (κ2) is 9.80. The van der Waals surface area contributed by atoms with E-state index in [1.54, 1.807) is 0 Å². The summed E-state index contributed by atoms with van der Waals surface area (Å²) in [6.07, 6.45) is 0.771. The topological polar surface area (TPSA) is 208 Å². The number of carbonyl (C=O) groups excluding carboxylic acids is 2. The van der Waals surface area contributed by atoms with Gasteiger partial charge in [-0.3, -0.25) is 23.4 Å². The standard InChI is InChI=1S/C17H21N6O9PS/c1-8-13(16(27)23(8)33(29,30-2)31-3)20-15(26)14(10-7-34-17(18)19-10)21-32-6-9-4-11(24)12(25)5-22(9)28/h4-5,7-8,13,25,28H,6H2,1-3H3,(H2,18,19)(H,20,26)/b21-14-/t8-,13-/m0/s1. The molecule has 0 unspecified atom stereocenters. The minimum atomic E-state index is -3.84. The number of aromatic hydroxyl groups is 1. The fraction of sp³-hybridized carbons (Fsp3) is 0.353. The zero-order chi connectivity index (χ0) is 25.2. The van der Waals surface area contributed by atoms with Crippen molar-refractivity contribution in [3.05, 3.63) is 39.3 Å². The maximum Gasteiger partial charge on any atom is 0.437 e. The summed E-state index contributed by atoms with van der Waals surface area (Å²) in [5, 5.41) is 26.8. The molecule has 0 saturated carbocycles. The van der Waals surface area contributed by atoms with Crippen LogP contribution in [-0.2, 0) is 34.6 Å². The number of thiazole rings is 1. The van der Waals surface area contributed by atoms with Gasteiger partial charge in [-0.1, -0.05) is 5.16 Å². The second-order valence-corrected chi connectivity index (χ2v) is 9.84. The lowest BCUT2D eigenvalue weighted by Crippen LogP contribution is -2.68. The Kier molecular flexibility index (Phi) is 7.26. The van der Waals surface area contributed by atoms with Crippen LogP contribution in [0, 0.1) is 0 Å². The maximum absolute atomic E-state index is 12.9. The molecule has 1 fully saturated rings. The number of rotatable bonds is 9. The third-order valence-corrected chi connectivity index (χ3v) is 7.49. The van der Waals surface area contributed by atoms with Gasteiger partial charge in [0.05, 0.1) is 12.2 Å². The molecule has 1 aliphatic heterocycles. The van der Waals surface area contributed by atoms with E-state index in [9.17, 15) is 29.3 Å². The molecule has 3 heterocycles. The first-order valence-electron chi connectivity index (χ1n) is 9.43. The lowest BCUT2D eigenvalue weighted by molar-refractivity contribution is -0.145. The van der Waals surface area contributed by atoms with Crippen LogP contribution in [0.5, 0.6) is 5.75 Å². The highest BCUT2D eigenvalue weighted by atomic mass is 32.1. The lowest BCUT2D eigenvalue weighted by Gasteiger charge is -2.46. The van der Waals surface area contributed by atoms with Gasteiger partial charge in [-0.2, -0.15) is 4.73 Å². The Balaban J connectivity index is 1.78. The van der Waals surface area contributed by atoms with E-state index in [1.165, 1.54) is 12.3 Å². The number of nitrogens with two attached hydrogens (primary N) is 1. The van der Waals surface area contributed by atoms with Crippen molar-refractivity contribution in [2.75, 3.05) is 20.0 Å². The SMILES string of the molecule is COP(=O)(OC)N1C(=O)[C@@H](NC(=O)/C(=N\OCc2cc(=O)c(O)cn2O)c2csc(N)n2)[C@@H]1C. The van der Waals surface area contributed by atoms with Crippen molar-refractivity contribution in [1.29, 1.82) is 0 Å². The summed E-state index contributed by atoms with van der Waals surface area (Å²) < 4.78 is 23.5. The Labute approximate surface area is 195 Å². The summed E-state index contributed by atoms with van der Waals surface area (Å²) in [4.78, 5) is 46.1. The highest BCUT2D eigenvalue weighted by Gasteiger charge is 2.55. The number of nitrogens with one attached hydrogen (secondary N) is 1. The van der Waals surface area contributed by atoms with Crippen molar-refractivity contribution < 1.29 is 38.4 Å². The van der Waals surface area contributed by atoms with Crippen LogP contribution in [0.4, 0.5) is 5.13 Å². The number of aromatic nitrogens is 2. The van der Waals surface area contributed by atoms with Gasteiger partial charge in [0.1, 0.15) is 17.4 Å². The first kappa shape index (κ1) is 25.2. The van der Waals surface area contributed by atoms with Gasteiger partial charge in [0.25, 0.3) is 11.8 Å². The van der Waals surface area contributed by atoms with Crippen molar-refractivity contribution in [2.24, 2.45) is 5.16 Å². The Hall–Kier alpha value is -3.46. The van der Waals surface area contributed by atoms with Crippen molar-refractivity contribution >= 4 is 41.7 Å². The van der Waals surface area contributed by atoms with E-state index in [2.05, 4.69) is 15.5 Å². The summed E-state index contributed by atoms with van der Waals surface area (Å²) in [5.41, 5.74) is 4.50. The number of β-lactam (4-membered cyclic amide) rings is 1. The molecule has 2 aromatic heterocycles. The summed E-state index contributed by atoms with van der Waals surface area (Å²) in [7, 11) is -1.58. The molecule has 0 radical (unpaired) electrons. The van der Waals surface area contributed by atoms with E-state index in [0.717, 1.165) is 42.5 Å². The maximum atomic E-state index is 12.9. The molecule has 15 nitrogen and oxygen atoms in total. The molecule has 0 spiro atoms. The smallest absolute Gasteiger partial charge is 0.437 e. The normalized spacial score (nSPS) is 18.5. The van der Waals surface area contributed by atoms with Crippen molar-refractivity contribution in [1.82, 2.24) is 19.7 Å². The number of anilines is 1. The van der Waals surface area contributed by atoms with Crippen molar-refractivity contribution in [3.63, 3.8) is 0 Å². The van der Waals surface area contributed by atoms with Gasteiger partial charge in [-0.05, 0) is 6.92 Å². The Morgan fingerprint density at radius 1 is 1.38 bits per heavy atom. The Morgan fingerprint density at radius 3 is 2.62 bits per heavy atom. The van der Waals surface area contributed by atoms with Crippen LogP contribution in [0.2, 0.25) is 0 Å². The first-order valence-corrected chi connectivity index (χ1v) is 11.8. The fourth-order valence-corrected chi connectivity index (χ4v) is 5.01. The van der Waals surface area contributed by atoms with Crippen molar-refractivity contribution in [3.8, 4) is 5.75 Å². The number of nitrogens with zero attached hydrogens (tertiary/aromatic N) is 4. The van der Waals surface area contributed by atoms with E-state index < -0.39 is 49.4 Å². The van der Waals surface area contributed by atoms with Gasteiger partial charge in [0.2, 0.25) is 5.43 Å². The van der Waals surface area contributed by atoms with Crippen LogP contribution in [-0.4, -0.2) is 68.5 Å². The summed E-state index contributed by atoms with van der Waals surface area (Å²) in [6.45, 7) is 1.08. The summed E-state index contributed by atoms with van der Waals surface area (Å²) in [5.74, 6) is -2.22. The minimum absolute atomic E-state index is 0.0443. The number of nitrogen functional groups attached to an aromatic ring is 1.